The number of aromatic amines is 1. The van der Waals surface area contributed by atoms with Gasteiger partial charge in [-0.3, -0.25) is 4.79 Å². The van der Waals surface area contributed by atoms with Crippen LogP contribution in [0.5, 0.6) is 0 Å². The van der Waals surface area contributed by atoms with Crippen LogP contribution in [0.15, 0.2) is 67.4 Å². The molecule has 0 saturated carbocycles. The lowest BCUT2D eigenvalue weighted by atomic mass is 9.99. The molecular weight excluding hydrogens is 547 g/mol. The van der Waals surface area contributed by atoms with E-state index in [1.54, 1.807) is 0 Å². The summed E-state index contributed by atoms with van der Waals surface area (Å²) < 4.78 is 98.2. The fourth-order valence-corrected chi connectivity index (χ4v) is 3.94. The molecule has 0 bridgehead atoms. The predicted octanol–water partition coefficient (Wildman–Crippen LogP) is 6.59. The summed E-state index contributed by atoms with van der Waals surface area (Å²) in [6.07, 6.45) is -7.37. The van der Waals surface area contributed by atoms with Crippen molar-refractivity contribution in [2.45, 2.75) is 12.4 Å². The zero-order chi connectivity index (χ0) is 28.7. The van der Waals surface area contributed by atoms with Crippen LogP contribution in [0.4, 0.5) is 47.9 Å². The summed E-state index contributed by atoms with van der Waals surface area (Å²) in [4.78, 5) is 31.7. The molecule has 3 N–H and O–H groups in total. The first-order chi connectivity index (χ1) is 18.9. The van der Waals surface area contributed by atoms with Gasteiger partial charge in [-0.1, -0.05) is 12.1 Å². The Morgan fingerprint density at radius 1 is 0.850 bits per heavy atom. The normalized spacial score (nSPS) is 12.0. The van der Waals surface area contributed by atoms with Crippen molar-refractivity contribution < 1.29 is 35.5 Å². The fourth-order valence-electron chi connectivity index (χ4n) is 3.94. The number of halogens is 7. The summed E-state index contributed by atoms with van der Waals surface area (Å²) in [7, 11) is 0. The molecule has 5 aromatic rings. The molecule has 1 amide bonds. The number of hydrogen-bond donors (Lipinski definition) is 3. The van der Waals surface area contributed by atoms with Crippen LogP contribution in [0.2, 0.25) is 0 Å². The van der Waals surface area contributed by atoms with Gasteiger partial charge in [-0.05, 0) is 36.4 Å². The summed E-state index contributed by atoms with van der Waals surface area (Å²) in [6.45, 7) is 0. The largest absolute Gasteiger partial charge is 0.419 e. The lowest BCUT2D eigenvalue weighted by molar-refractivity contribution is -0.161. The minimum Gasteiger partial charge on any atom is -0.339 e. The maximum absolute atomic E-state index is 14.1. The zero-order valence-corrected chi connectivity index (χ0v) is 19.7. The zero-order valence-electron chi connectivity index (χ0n) is 19.7. The molecule has 8 nitrogen and oxygen atoms in total. The van der Waals surface area contributed by atoms with E-state index in [1.807, 2.05) is 0 Å². The van der Waals surface area contributed by atoms with Crippen LogP contribution >= 0.6 is 0 Å². The van der Waals surface area contributed by atoms with E-state index in [0.717, 1.165) is 18.5 Å². The van der Waals surface area contributed by atoms with Crippen molar-refractivity contribution in [3.05, 3.63) is 89.9 Å². The van der Waals surface area contributed by atoms with Crippen LogP contribution < -0.4 is 10.6 Å². The number of pyridine rings is 1. The number of anilines is 3. The van der Waals surface area contributed by atoms with Gasteiger partial charge in [0.25, 0.3) is 5.91 Å². The number of nitrogens with one attached hydrogen (secondary N) is 3. The molecule has 3 heterocycles. The number of nitrogens with zero attached hydrogens (tertiary/aromatic N) is 4. The highest BCUT2D eigenvalue weighted by Crippen LogP contribution is 2.46. The third kappa shape index (κ3) is 5.12. The van der Waals surface area contributed by atoms with E-state index in [-0.39, 0.29) is 34.3 Å². The Kier molecular flexibility index (Phi) is 6.57. The Labute approximate surface area is 219 Å². The molecule has 0 saturated heterocycles. The molecule has 0 spiro atoms. The minimum absolute atomic E-state index is 0.0567. The van der Waals surface area contributed by atoms with Gasteiger partial charge in [-0.15, -0.1) is 0 Å². The molecule has 3 aromatic heterocycles. The summed E-state index contributed by atoms with van der Waals surface area (Å²) in [5.41, 5.74) is -5.79. The first-order valence-corrected chi connectivity index (χ1v) is 11.2. The molecule has 0 aliphatic heterocycles. The van der Waals surface area contributed by atoms with Gasteiger partial charge in [0.1, 0.15) is 29.2 Å². The Balaban J connectivity index is 1.67. The maximum Gasteiger partial charge on any atom is 0.419 e. The van der Waals surface area contributed by atoms with Crippen LogP contribution in [0.3, 0.4) is 0 Å². The summed E-state index contributed by atoms with van der Waals surface area (Å²) in [5.74, 6) is -2.48. The molecule has 0 aliphatic carbocycles. The second kappa shape index (κ2) is 9.91. The molecule has 40 heavy (non-hydrogen) atoms. The molecule has 15 heteroatoms. The Morgan fingerprint density at radius 3 is 2.35 bits per heavy atom. The van der Waals surface area contributed by atoms with Crippen molar-refractivity contribution in [2.24, 2.45) is 0 Å². The maximum atomic E-state index is 14.1. The van der Waals surface area contributed by atoms with E-state index in [9.17, 15) is 35.5 Å². The highest BCUT2D eigenvalue weighted by molar-refractivity contribution is 6.05. The van der Waals surface area contributed by atoms with Crippen LogP contribution in [0, 0.1) is 5.82 Å². The molecule has 2 aromatic carbocycles. The van der Waals surface area contributed by atoms with Gasteiger partial charge in [0.05, 0.1) is 28.8 Å². The van der Waals surface area contributed by atoms with Crippen LogP contribution in [-0.4, -0.2) is 30.8 Å². The topological polar surface area (TPSA) is 108 Å². The van der Waals surface area contributed by atoms with Crippen LogP contribution in [0.1, 0.15) is 21.5 Å². The lowest BCUT2D eigenvalue weighted by Crippen LogP contribution is -2.22. The SMILES string of the molecule is O=C(Nc1ccccc1F)c1cc(Nc2ncccc2-c2ncnc3[nH]cnc23)c(C(F)(F)F)c(C(F)(F)F)c1. The van der Waals surface area contributed by atoms with E-state index in [4.69, 9.17) is 0 Å². The number of carbonyl (C=O) groups is 1. The smallest absolute Gasteiger partial charge is 0.339 e. The van der Waals surface area contributed by atoms with Gasteiger partial charge in [0.15, 0.2) is 5.65 Å². The molecule has 0 atom stereocenters. The van der Waals surface area contributed by atoms with Crippen molar-refractivity contribution in [1.82, 2.24) is 24.9 Å². The Bertz CT molecular complexity index is 1730. The van der Waals surface area contributed by atoms with E-state index in [1.165, 1.54) is 36.8 Å². The summed E-state index contributed by atoms with van der Waals surface area (Å²) in [5, 5.41) is 4.38. The number of amides is 1. The van der Waals surface area contributed by atoms with E-state index < -0.39 is 46.5 Å². The van der Waals surface area contributed by atoms with E-state index >= 15 is 0 Å². The van der Waals surface area contributed by atoms with E-state index in [2.05, 4.69) is 35.6 Å². The van der Waals surface area contributed by atoms with Crippen LogP contribution in [-0.2, 0) is 12.4 Å². The molecule has 0 unspecified atom stereocenters. The van der Waals surface area contributed by atoms with Crippen molar-refractivity contribution in [1.29, 1.82) is 0 Å². The molecule has 0 radical (unpaired) electrons. The number of carbonyl (C=O) groups excluding carboxylic acids is 1. The highest BCUT2D eigenvalue weighted by atomic mass is 19.4. The predicted molar refractivity (Wildman–Crippen MR) is 129 cm³/mol. The van der Waals surface area contributed by atoms with Gasteiger partial charge in [-0.25, -0.2) is 24.3 Å². The molecule has 0 fully saturated rings. The Morgan fingerprint density at radius 2 is 1.62 bits per heavy atom. The summed E-state index contributed by atoms with van der Waals surface area (Å²) >= 11 is 0. The van der Waals surface area contributed by atoms with E-state index in [0.29, 0.717) is 11.7 Å². The quantitative estimate of drug-likeness (QED) is 0.209. The third-order valence-corrected chi connectivity index (χ3v) is 5.64. The lowest BCUT2D eigenvalue weighted by Gasteiger charge is -2.22. The number of fused-ring (bicyclic) bond motifs is 1. The van der Waals surface area contributed by atoms with Gasteiger partial charge in [0.2, 0.25) is 0 Å². The number of aromatic nitrogens is 5. The standard InChI is InChI=1S/C25H14F7N7O/c26-15-5-1-2-6-16(15)39-23(40)12-8-14(24(27,28)29)18(25(30,31)32)17(9-12)38-21-13(4-3-7-33-21)19-20-22(36-10-34-19)37-11-35-20/h1-11H,(H,33,38)(H,39,40)(H,34,35,36,37). The second-order valence-electron chi connectivity index (χ2n) is 8.22. The van der Waals surface area contributed by atoms with Crippen molar-refractivity contribution >= 4 is 34.3 Å². The highest BCUT2D eigenvalue weighted by Gasteiger charge is 2.46. The monoisotopic (exact) mass is 561 g/mol. The van der Waals surface area contributed by atoms with Crippen LogP contribution in [0.25, 0.3) is 22.4 Å². The van der Waals surface area contributed by atoms with Gasteiger partial charge in [-0.2, -0.15) is 26.3 Å². The second-order valence-corrected chi connectivity index (χ2v) is 8.22. The third-order valence-electron chi connectivity index (χ3n) is 5.64. The van der Waals surface area contributed by atoms with Gasteiger partial charge in [0, 0.05) is 17.3 Å². The van der Waals surface area contributed by atoms with Crippen molar-refractivity contribution in [3.63, 3.8) is 0 Å². The molecule has 0 aliphatic rings. The van der Waals surface area contributed by atoms with Gasteiger partial charge < -0.3 is 15.6 Å². The molecular formula is C25H14F7N7O. The number of para-hydroxylation sites is 1. The van der Waals surface area contributed by atoms with Crippen molar-refractivity contribution in [3.8, 4) is 11.3 Å². The Hall–Kier alpha value is -5.08. The number of imidazole rings is 1. The number of H-pyrrole nitrogens is 1. The minimum atomic E-state index is -5.52. The first-order valence-electron chi connectivity index (χ1n) is 11.2. The summed E-state index contributed by atoms with van der Waals surface area (Å²) in [6, 6.07) is 8.28. The molecule has 204 valence electrons. The average molecular weight is 561 g/mol. The van der Waals surface area contributed by atoms with Gasteiger partial charge >= 0.3 is 12.4 Å². The number of hydrogen-bond acceptors (Lipinski definition) is 6. The average Bonchev–Trinajstić information content (AvgIpc) is 3.38. The fraction of sp³-hybridized carbons (Fsp3) is 0.0800. The first kappa shape index (κ1) is 26.5. The van der Waals surface area contributed by atoms with Crippen molar-refractivity contribution in [2.75, 3.05) is 10.6 Å². The molecule has 5 rings (SSSR count). The number of benzene rings is 2. The number of alkyl halides is 6. The number of rotatable bonds is 5.